The molecular weight excluding hydrogens is 249 g/mol. The van der Waals surface area contributed by atoms with E-state index in [0.29, 0.717) is 17.0 Å². The van der Waals surface area contributed by atoms with E-state index < -0.39 is 0 Å². The second kappa shape index (κ2) is 5.99. The van der Waals surface area contributed by atoms with Crippen LogP contribution < -0.4 is 10.6 Å². The Morgan fingerprint density at radius 3 is 2.74 bits per heavy atom. The summed E-state index contributed by atoms with van der Waals surface area (Å²) < 4.78 is 18.2. The van der Waals surface area contributed by atoms with E-state index in [0.717, 1.165) is 0 Å². The van der Waals surface area contributed by atoms with Gasteiger partial charge in [0, 0.05) is 18.2 Å². The molecule has 1 aromatic carbocycles. The Morgan fingerprint density at radius 2 is 2.05 bits per heavy atom. The third-order valence-corrected chi connectivity index (χ3v) is 2.50. The first-order chi connectivity index (χ1) is 9.15. The molecule has 2 rings (SSSR count). The number of carbonyl (C=O) groups excluding carboxylic acids is 1. The lowest BCUT2D eigenvalue weighted by molar-refractivity contribution is 0.239. The number of halogens is 1. The van der Waals surface area contributed by atoms with Crippen molar-refractivity contribution in [2.24, 2.45) is 0 Å². The molecule has 2 aromatic rings. The van der Waals surface area contributed by atoms with E-state index in [1.165, 1.54) is 6.07 Å². The van der Waals surface area contributed by atoms with Crippen LogP contribution in [0.15, 0.2) is 34.9 Å². The van der Waals surface area contributed by atoms with Gasteiger partial charge in [0.15, 0.2) is 0 Å². The fraction of sp³-hybridized carbons (Fsp3) is 0.231. The molecular formula is C13H14FN3O2. The molecule has 19 heavy (non-hydrogen) atoms. The number of nitrogens with one attached hydrogen (secondary N) is 2. The number of aryl methyl sites for hydroxylation is 1. The van der Waals surface area contributed by atoms with Crippen LogP contribution >= 0.6 is 0 Å². The molecule has 1 heterocycles. The molecule has 6 heteroatoms. The number of rotatable bonds is 4. The topological polar surface area (TPSA) is 67.2 Å². The van der Waals surface area contributed by atoms with Crippen LogP contribution in [-0.2, 0) is 13.1 Å². The molecule has 0 aliphatic carbocycles. The number of hydrogen-bond acceptors (Lipinski definition) is 3. The average Bonchev–Trinajstić information content (AvgIpc) is 2.81. The Kier molecular flexibility index (Phi) is 4.12. The smallest absolute Gasteiger partial charge is 0.315 e. The van der Waals surface area contributed by atoms with E-state index >= 15 is 0 Å². The molecule has 0 aliphatic rings. The number of benzene rings is 1. The first-order valence-electron chi connectivity index (χ1n) is 5.82. The average molecular weight is 263 g/mol. The summed E-state index contributed by atoms with van der Waals surface area (Å²) in [6.07, 6.45) is 0. The van der Waals surface area contributed by atoms with Gasteiger partial charge in [-0.05, 0) is 13.0 Å². The largest absolute Gasteiger partial charge is 0.361 e. The minimum absolute atomic E-state index is 0.135. The van der Waals surface area contributed by atoms with Crippen LogP contribution in [0.4, 0.5) is 9.18 Å². The van der Waals surface area contributed by atoms with Crippen molar-refractivity contribution in [2.75, 3.05) is 0 Å². The maximum Gasteiger partial charge on any atom is 0.315 e. The van der Waals surface area contributed by atoms with Crippen molar-refractivity contribution in [1.82, 2.24) is 15.8 Å². The van der Waals surface area contributed by atoms with E-state index in [1.807, 2.05) is 0 Å². The standard InChI is InChI=1S/C13H14FN3O2/c1-9-6-11(17-19-9)8-16-13(18)15-7-10-4-2-3-5-12(10)14/h2-6H,7-8H2,1H3,(H2,15,16,18). The van der Waals surface area contributed by atoms with Gasteiger partial charge in [-0.1, -0.05) is 23.4 Å². The van der Waals surface area contributed by atoms with Crippen molar-refractivity contribution >= 4 is 6.03 Å². The zero-order chi connectivity index (χ0) is 13.7. The Balaban J connectivity index is 1.77. The maximum atomic E-state index is 13.3. The molecule has 0 aliphatic heterocycles. The van der Waals surface area contributed by atoms with Gasteiger partial charge in [0.05, 0.1) is 6.54 Å². The molecule has 0 fully saturated rings. The predicted octanol–water partition coefficient (Wildman–Crippen LogP) is 2.12. The lowest BCUT2D eigenvalue weighted by Gasteiger charge is -2.06. The highest BCUT2D eigenvalue weighted by molar-refractivity contribution is 5.73. The molecule has 2 N–H and O–H groups in total. The van der Waals surface area contributed by atoms with E-state index in [4.69, 9.17) is 4.52 Å². The van der Waals surface area contributed by atoms with Gasteiger partial charge in [0.25, 0.3) is 0 Å². The van der Waals surface area contributed by atoms with Gasteiger partial charge < -0.3 is 15.2 Å². The summed E-state index contributed by atoms with van der Waals surface area (Å²) in [5, 5.41) is 8.92. The highest BCUT2D eigenvalue weighted by Crippen LogP contribution is 2.05. The molecule has 0 saturated carbocycles. The monoisotopic (exact) mass is 263 g/mol. The predicted molar refractivity (Wildman–Crippen MR) is 66.7 cm³/mol. The van der Waals surface area contributed by atoms with Crippen LogP contribution in [0.5, 0.6) is 0 Å². The van der Waals surface area contributed by atoms with Crippen LogP contribution in [0.2, 0.25) is 0 Å². The lowest BCUT2D eigenvalue weighted by atomic mass is 10.2. The van der Waals surface area contributed by atoms with Crippen LogP contribution in [0.3, 0.4) is 0 Å². The highest BCUT2D eigenvalue weighted by atomic mass is 19.1. The van der Waals surface area contributed by atoms with Crippen LogP contribution in [0.1, 0.15) is 17.0 Å². The third-order valence-electron chi connectivity index (χ3n) is 2.50. The van der Waals surface area contributed by atoms with Crippen molar-refractivity contribution in [3.63, 3.8) is 0 Å². The summed E-state index contributed by atoms with van der Waals surface area (Å²) in [5.74, 6) is 0.346. The molecule has 0 bridgehead atoms. The number of hydrogen-bond donors (Lipinski definition) is 2. The third kappa shape index (κ3) is 3.80. The van der Waals surface area contributed by atoms with Crippen molar-refractivity contribution in [3.05, 3.63) is 53.2 Å². The highest BCUT2D eigenvalue weighted by Gasteiger charge is 2.05. The summed E-state index contributed by atoms with van der Waals surface area (Å²) in [5.41, 5.74) is 1.08. The van der Waals surface area contributed by atoms with E-state index in [2.05, 4.69) is 15.8 Å². The Bertz CT molecular complexity index is 569. The van der Waals surface area contributed by atoms with Crippen LogP contribution in [0, 0.1) is 12.7 Å². The fourth-order valence-corrected chi connectivity index (χ4v) is 1.55. The van der Waals surface area contributed by atoms with Crippen molar-refractivity contribution in [3.8, 4) is 0 Å². The number of aromatic nitrogens is 1. The molecule has 0 saturated heterocycles. The normalized spacial score (nSPS) is 10.2. The summed E-state index contributed by atoms with van der Waals surface area (Å²) in [6.45, 7) is 2.17. The fourth-order valence-electron chi connectivity index (χ4n) is 1.55. The number of amides is 2. The summed E-state index contributed by atoms with van der Waals surface area (Å²) >= 11 is 0. The maximum absolute atomic E-state index is 13.3. The van der Waals surface area contributed by atoms with Crippen molar-refractivity contribution in [2.45, 2.75) is 20.0 Å². The first kappa shape index (κ1) is 13.1. The molecule has 0 atom stereocenters. The lowest BCUT2D eigenvalue weighted by Crippen LogP contribution is -2.34. The molecule has 0 radical (unpaired) electrons. The van der Waals surface area contributed by atoms with Crippen LogP contribution in [-0.4, -0.2) is 11.2 Å². The first-order valence-corrected chi connectivity index (χ1v) is 5.82. The van der Waals surface area contributed by atoms with E-state index in [-0.39, 0.29) is 24.9 Å². The van der Waals surface area contributed by atoms with Gasteiger partial charge in [-0.3, -0.25) is 0 Å². The second-order valence-corrected chi connectivity index (χ2v) is 4.06. The van der Waals surface area contributed by atoms with Gasteiger partial charge >= 0.3 is 6.03 Å². The van der Waals surface area contributed by atoms with E-state index in [9.17, 15) is 9.18 Å². The van der Waals surface area contributed by atoms with E-state index in [1.54, 1.807) is 31.2 Å². The zero-order valence-electron chi connectivity index (χ0n) is 10.4. The summed E-state index contributed by atoms with van der Waals surface area (Å²) in [6, 6.07) is 7.65. The van der Waals surface area contributed by atoms with Gasteiger partial charge in [-0.15, -0.1) is 0 Å². The number of nitrogens with zero attached hydrogens (tertiary/aromatic N) is 1. The molecule has 1 aromatic heterocycles. The van der Waals surface area contributed by atoms with Crippen molar-refractivity contribution < 1.29 is 13.7 Å². The van der Waals surface area contributed by atoms with Gasteiger partial charge in [0.2, 0.25) is 0 Å². The molecule has 0 unspecified atom stereocenters. The van der Waals surface area contributed by atoms with Gasteiger partial charge in [-0.25, -0.2) is 9.18 Å². The minimum atomic E-state index is -0.385. The molecule has 5 nitrogen and oxygen atoms in total. The van der Waals surface area contributed by atoms with Crippen molar-refractivity contribution in [1.29, 1.82) is 0 Å². The summed E-state index contributed by atoms with van der Waals surface area (Å²) in [4.78, 5) is 11.5. The second-order valence-electron chi connectivity index (χ2n) is 4.06. The number of urea groups is 1. The molecule has 0 spiro atoms. The van der Waals surface area contributed by atoms with Gasteiger partial charge in [0.1, 0.15) is 17.3 Å². The Morgan fingerprint density at radius 1 is 1.32 bits per heavy atom. The molecule has 2 amide bonds. The Labute approximate surface area is 109 Å². The van der Waals surface area contributed by atoms with Gasteiger partial charge in [-0.2, -0.15) is 0 Å². The Hall–Kier alpha value is -2.37. The SMILES string of the molecule is Cc1cc(CNC(=O)NCc2ccccc2F)no1. The number of carbonyl (C=O) groups is 1. The summed E-state index contributed by atoms with van der Waals surface area (Å²) in [7, 11) is 0. The quantitative estimate of drug-likeness (QED) is 0.887. The minimum Gasteiger partial charge on any atom is -0.361 e. The van der Waals surface area contributed by atoms with Crippen LogP contribution in [0.25, 0.3) is 0 Å². The zero-order valence-corrected chi connectivity index (χ0v) is 10.4. The molecule has 100 valence electrons.